The van der Waals surface area contributed by atoms with Gasteiger partial charge in [-0.3, -0.25) is 4.79 Å². The summed E-state index contributed by atoms with van der Waals surface area (Å²) in [6.45, 7) is 11.2. The minimum atomic E-state index is -0.626. The summed E-state index contributed by atoms with van der Waals surface area (Å²) in [5.74, 6) is -0.0326. The summed E-state index contributed by atoms with van der Waals surface area (Å²) in [6, 6.07) is 6.40. The largest absolute Gasteiger partial charge is 0.365 e. The molecular weight excluding hydrogens is 276 g/mol. The SMILES string of the molecule is CC.Cc1cc2cc(CNC(=O)C3(C)CCO3)[nH]c2cc1C. The summed E-state index contributed by atoms with van der Waals surface area (Å²) in [4.78, 5) is 15.3. The van der Waals surface area contributed by atoms with E-state index in [-0.39, 0.29) is 5.91 Å². The number of nitrogens with one attached hydrogen (secondary N) is 2. The van der Waals surface area contributed by atoms with Crippen molar-refractivity contribution in [3.63, 3.8) is 0 Å². The monoisotopic (exact) mass is 302 g/mol. The highest BCUT2D eigenvalue weighted by Gasteiger charge is 2.40. The topological polar surface area (TPSA) is 54.1 Å². The number of aromatic amines is 1. The van der Waals surface area contributed by atoms with Gasteiger partial charge in [-0.05, 0) is 55.5 Å². The highest BCUT2D eigenvalue weighted by Crippen LogP contribution is 2.26. The van der Waals surface area contributed by atoms with Gasteiger partial charge in [0.25, 0.3) is 5.91 Å². The molecule has 0 aliphatic carbocycles. The van der Waals surface area contributed by atoms with E-state index in [1.165, 1.54) is 16.5 Å². The van der Waals surface area contributed by atoms with Crippen LogP contribution in [0.4, 0.5) is 0 Å². The quantitative estimate of drug-likeness (QED) is 0.910. The maximum Gasteiger partial charge on any atom is 0.252 e. The van der Waals surface area contributed by atoms with E-state index in [1.54, 1.807) is 0 Å². The summed E-state index contributed by atoms with van der Waals surface area (Å²) in [7, 11) is 0. The zero-order chi connectivity index (χ0) is 16.3. The Balaban J connectivity index is 0.000000847. The standard InChI is InChI=1S/C16H20N2O2.C2H6/c1-10-6-12-8-13(18-14(12)7-11(10)2)9-17-15(19)16(3)4-5-20-16;1-2/h6-8,18H,4-5,9H2,1-3H3,(H,17,19);1-2H3. The van der Waals surface area contributed by atoms with E-state index in [0.29, 0.717) is 13.2 Å². The fourth-order valence-corrected chi connectivity index (χ4v) is 2.51. The molecule has 0 spiro atoms. The number of H-pyrrole nitrogens is 1. The van der Waals surface area contributed by atoms with E-state index in [9.17, 15) is 4.79 Å². The number of ether oxygens (including phenoxy) is 1. The Kier molecular flexibility index (Phi) is 4.91. The van der Waals surface area contributed by atoms with Crippen molar-refractivity contribution in [1.29, 1.82) is 0 Å². The van der Waals surface area contributed by atoms with Crippen molar-refractivity contribution in [2.24, 2.45) is 0 Å². The predicted molar refractivity (Wildman–Crippen MR) is 89.9 cm³/mol. The molecule has 1 amide bonds. The van der Waals surface area contributed by atoms with Crippen LogP contribution in [0, 0.1) is 13.8 Å². The molecule has 1 aromatic carbocycles. The molecule has 22 heavy (non-hydrogen) atoms. The van der Waals surface area contributed by atoms with Crippen LogP contribution in [0.5, 0.6) is 0 Å². The molecule has 2 N–H and O–H groups in total. The number of benzene rings is 1. The first-order valence-electron chi connectivity index (χ1n) is 7.99. The van der Waals surface area contributed by atoms with E-state index in [4.69, 9.17) is 4.74 Å². The molecule has 2 aromatic rings. The zero-order valence-electron chi connectivity index (χ0n) is 14.2. The maximum absolute atomic E-state index is 12.0. The van der Waals surface area contributed by atoms with E-state index in [1.807, 2.05) is 20.8 Å². The van der Waals surface area contributed by atoms with Crippen LogP contribution in [0.15, 0.2) is 18.2 Å². The van der Waals surface area contributed by atoms with Crippen molar-refractivity contribution in [3.8, 4) is 0 Å². The first-order chi connectivity index (χ1) is 10.5. The highest BCUT2D eigenvalue weighted by molar-refractivity contribution is 5.86. The molecule has 1 aromatic heterocycles. The van der Waals surface area contributed by atoms with Crippen LogP contribution < -0.4 is 5.32 Å². The average molecular weight is 302 g/mol. The molecule has 0 bridgehead atoms. The fraction of sp³-hybridized carbons (Fsp3) is 0.500. The van der Waals surface area contributed by atoms with Crippen molar-refractivity contribution in [2.45, 2.75) is 53.2 Å². The van der Waals surface area contributed by atoms with Crippen LogP contribution in [-0.4, -0.2) is 23.1 Å². The minimum absolute atomic E-state index is 0.0326. The normalized spacial score (nSPS) is 20.0. The molecule has 1 unspecified atom stereocenters. The van der Waals surface area contributed by atoms with E-state index in [2.05, 4.69) is 42.3 Å². The van der Waals surface area contributed by atoms with Crippen LogP contribution in [0.3, 0.4) is 0 Å². The van der Waals surface area contributed by atoms with Crippen molar-refractivity contribution in [3.05, 3.63) is 35.0 Å². The second-order valence-corrected chi connectivity index (χ2v) is 5.83. The molecule has 0 saturated carbocycles. The first-order valence-corrected chi connectivity index (χ1v) is 7.99. The second kappa shape index (κ2) is 6.53. The molecule has 4 nitrogen and oxygen atoms in total. The Morgan fingerprint density at radius 3 is 2.50 bits per heavy atom. The minimum Gasteiger partial charge on any atom is -0.365 e. The van der Waals surface area contributed by atoms with Gasteiger partial charge in [0.1, 0.15) is 5.60 Å². The number of aryl methyl sites for hydroxylation is 2. The lowest BCUT2D eigenvalue weighted by atomic mass is 9.96. The summed E-state index contributed by atoms with van der Waals surface area (Å²) < 4.78 is 5.34. The molecule has 1 fully saturated rings. The molecule has 1 aliphatic heterocycles. The number of aromatic nitrogens is 1. The van der Waals surface area contributed by atoms with Gasteiger partial charge in [0.05, 0.1) is 13.2 Å². The van der Waals surface area contributed by atoms with Crippen molar-refractivity contribution < 1.29 is 9.53 Å². The molecule has 1 aliphatic rings. The van der Waals surface area contributed by atoms with Crippen LogP contribution in [0.2, 0.25) is 0 Å². The Hall–Kier alpha value is -1.81. The number of amides is 1. The Morgan fingerprint density at radius 2 is 1.91 bits per heavy atom. The van der Waals surface area contributed by atoms with Crippen LogP contribution in [0.25, 0.3) is 10.9 Å². The number of carbonyl (C=O) groups is 1. The van der Waals surface area contributed by atoms with Gasteiger partial charge in [-0.1, -0.05) is 13.8 Å². The molecule has 120 valence electrons. The number of carbonyl (C=O) groups excluding carboxylic acids is 1. The summed E-state index contributed by atoms with van der Waals surface area (Å²) in [5, 5.41) is 4.12. The van der Waals surface area contributed by atoms with Crippen molar-refractivity contribution in [1.82, 2.24) is 10.3 Å². The predicted octanol–water partition coefficient (Wildman–Crippen LogP) is 3.61. The van der Waals surface area contributed by atoms with Gasteiger partial charge in [0.2, 0.25) is 0 Å². The molecular formula is C18H26N2O2. The number of fused-ring (bicyclic) bond motifs is 1. The van der Waals surface area contributed by atoms with Gasteiger partial charge in [0, 0.05) is 17.6 Å². The third kappa shape index (κ3) is 3.17. The van der Waals surface area contributed by atoms with Gasteiger partial charge in [-0.15, -0.1) is 0 Å². The molecule has 4 heteroatoms. The molecule has 1 atom stereocenters. The van der Waals surface area contributed by atoms with E-state index in [0.717, 1.165) is 17.6 Å². The van der Waals surface area contributed by atoms with Crippen LogP contribution in [-0.2, 0) is 16.1 Å². The van der Waals surface area contributed by atoms with Gasteiger partial charge in [0.15, 0.2) is 0 Å². The smallest absolute Gasteiger partial charge is 0.252 e. The Labute approximate surface area is 132 Å². The second-order valence-electron chi connectivity index (χ2n) is 5.83. The number of hydrogen-bond donors (Lipinski definition) is 2. The lowest BCUT2D eigenvalue weighted by molar-refractivity contribution is -0.171. The molecule has 1 saturated heterocycles. The summed E-state index contributed by atoms with van der Waals surface area (Å²) >= 11 is 0. The lowest BCUT2D eigenvalue weighted by Gasteiger charge is -2.36. The van der Waals surface area contributed by atoms with E-state index < -0.39 is 5.60 Å². The number of hydrogen-bond acceptors (Lipinski definition) is 2. The molecule has 0 radical (unpaired) electrons. The summed E-state index contributed by atoms with van der Waals surface area (Å²) in [6.07, 6.45) is 0.796. The lowest BCUT2D eigenvalue weighted by Crippen LogP contribution is -2.53. The zero-order valence-corrected chi connectivity index (χ0v) is 14.2. The molecule has 2 heterocycles. The van der Waals surface area contributed by atoms with Gasteiger partial charge >= 0.3 is 0 Å². The van der Waals surface area contributed by atoms with Gasteiger partial charge < -0.3 is 15.0 Å². The summed E-state index contributed by atoms with van der Waals surface area (Å²) in [5.41, 5.74) is 4.05. The Bertz CT molecular complexity index is 630. The Morgan fingerprint density at radius 1 is 1.27 bits per heavy atom. The van der Waals surface area contributed by atoms with Crippen LogP contribution >= 0.6 is 0 Å². The average Bonchev–Trinajstić information content (AvgIpc) is 2.86. The van der Waals surface area contributed by atoms with Crippen molar-refractivity contribution in [2.75, 3.05) is 6.61 Å². The third-order valence-corrected chi connectivity index (χ3v) is 4.21. The van der Waals surface area contributed by atoms with Crippen LogP contribution in [0.1, 0.15) is 44.0 Å². The number of rotatable bonds is 3. The highest BCUT2D eigenvalue weighted by atomic mass is 16.5. The third-order valence-electron chi connectivity index (χ3n) is 4.21. The fourth-order valence-electron chi connectivity index (χ4n) is 2.51. The first kappa shape index (κ1) is 16.6. The van der Waals surface area contributed by atoms with Gasteiger partial charge in [-0.25, -0.2) is 0 Å². The maximum atomic E-state index is 12.0. The van der Waals surface area contributed by atoms with Gasteiger partial charge in [-0.2, -0.15) is 0 Å². The molecule has 3 rings (SSSR count). The van der Waals surface area contributed by atoms with E-state index >= 15 is 0 Å². The van der Waals surface area contributed by atoms with Crippen molar-refractivity contribution >= 4 is 16.8 Å².